The number of anilines is 1. The maximum Gasteiger partial charge on any atom is 0.406 e. The van der Waals surface area contributed by atoms with E-state index >= 15 is 0 Å². The number of carbonyl (C=O) groups is 1. The van der Waals surface area contributed by atoms with E-state index in [4.69, 9.17) is 11.6 Å². The lowest BCUT2D eigenvalue weighted by molar-refractivity contribution is -0.141. The van der Waals surface area contributed by atoms with Gasteiger partial charge in [0.1, 0.15) is 6.54 Å². The molecule has 1 amide bonds. The van der Waals surface area contributed by atoms with Crippen molar-refractivity contribution in [3.05, 3.63) is 57.9 Å². The van der Waals surface area contributed by atoms with Crippen LogP contribution >= 0.6 is 11.6 Å². The predicted molar refractivity (Wildman–Crippen MR) is 100.0 cm³/mol. The summed E-state index contributed by atoms with van der Waals surface area (Å²) in [4.78, 5) is 12.8. The Labute approximate surface area is 159 Å². The average molecular weight is 396 g/mol. The fourth-order valence-electron chi connectivity index (χ4n) is 3.02. The van der Waals surface area contributed by atoms with Crippen molar-refractivity contribution in [1.29, 1.82) is 0 Å². The number of aromatic nitrogens is 1. The van der Waals surface area contributed by atoms with Crippen LogP contribution in [0.5, 0.6) is 0 Å². The second kappa shape index (κ2) is 6.88. The molecule has 0 spiro atoms. The van der Waals surface area contributed by atoms with Crippen LogP contribution < -0.4 is 5.01 Å². The van der Waals surface area contributed by atoms with E-state index in [1.807, 2.05) is 0 Å². The molecule has 1 aromatic heterocycles. The molecule has 27 heavy (non-hydrogen) atoms. The van der Waals surface area contributed by atoms with Crippen molar-refractivity contribution in [2.75, 3.05) is 5.01 Å². The van der Waals surface area contributed by atoms with Gasteiger partial charge in [-0.1, -0.05) is 17.7 Å². The van der Waals surface area contributed by atoms with Crippen LogP contribution in [0.2, 0.25) is 5.02 Å². The molecule has 0 atom stereocenters. The predicted octanol–water partition coefficient (Wildman–Crippen LogP) is 5.13. The molecule has 2 aromatic rings. The van der Waals surface area contributed by atoms with Gasteiger partial charge in [0.25, 0.3) is 5.91 Å². The van der Waals surface area contributed by atoms with Gasteiger partial charge in [-0.3, -0.25) is 4.79 Å². The number of hydrazone groups is 1. The first-order chi connectivity index (χ1) is 12.6. The van der Waals surface area contributed by atoms with Gasteiger partial charge in [-0.25, -0.2) is 0 Å². The topological polar surface area (TPSA) is 37.6 Å². The molecule has 4 nitrogen and oxygen atoms in total. The molecule has 0 bridgehead atoms. The van der Waals surface area contributed by atoms with Gasteiger partial charge < -0.3 is 4.57 Å². The molecular formula is C19H17ClF3N3O. The number of rotatable bonds is 3. The van der Waals surface area contributed by atoms with Crippen LogP contribution in [0.3, 0.4) is 0 Å². The van der Waals surface area contributed by atoms with Crippen molar-refractivity contribution < 1.29 is 18.0 Å². The Morgan fingerprint density at radius 2 is 1.89 bits per heavy atom. The highest BCUT2D eigenvalue weighted by atomic mass is 35.5. The summed E-state index contributed by atoms with van der Waals surface area (Å²) in [5.41, 5.74) is 2.82. The highest BCUT2D eigenvalue weighted by molar-refractivity contribution is 6.33. The van der Waals surface area contributed by atoms with Crippen molar-refractivity contribution in [1.82, 2.24) is 4.57 Å². The Kier molecular flexibility index (Phi) is 4.90. The highest BCUT2D eigenvalue weighted by Gasteiger charge is 2.31. The minimum atomic E-state index is -4.32. The molecule has 0 radical (unpaired) electrons. The quantitative estimate of drug-likeness (QED) is 0.664. The molecule has 1 aliphatic rings. The number of aryl methyl sites for hydroxylation is 1. The number of hydrogen-bond acceptors (Lipinski definition) is 2. The van der Waals surface area contributed by atoms with Crippen LogP contribution in [0, 0.1) is 13.8 Å². The Morgan fingerprint density at radius 3 is 2.52 bits per heavy atom. The van der Waals surface area contributed by atoms with Gasteiger partial charge >= 0.3 is 6.18 Å². The lowest BCUT2D eigenvalue weighted by Gasteiger charge is -2.12. The number of carbonyl (C=O) groups excluding carboxylic acids is 1. The number of amides is 1. The normalized spacial score (nSPS) is 16.4. The van der Waals surface area contributed by atoms with E-state index in [1.165, 1.54) is 9.58 Å². The molecule has 1 aliphatic heterocycles. The Morgan fingerprint density at radius 1 is 1.19 bits per heavy atom. The first-order valence-corrected chi connectivity index (χ1v) is 8.55. The minimum absolute atomic E-state index is 0.335. The van der Waals surface area contributed by atoms with Crippen molar-refractivity contribution >= 4 is 35.0 Å². The standard InChI is InChI=1S/C19H17ClF3N3O/c1-11-7-14(13(3)25(11)10-19(21,22)23)8-17-12(2)24-26(18(17)27)16-6-4-5-15(20)9-16/h4-9H,10H2,1-3H3. The van der Waals surface area contributed by atoms with E-state index in [0.717, 1.165) is 0 Å². The summed E-state index contributed by atoms with van der Waals surface area (Å²) in [5, 5.41) is 5.97. The van der Waals surface area contributed by atoms with Crippen molar-refractivity contribution in [2.45, 2.75) is 33.5 Å². The van der Waals surface area contributed by atoms with Crippen LogP contribution in [-0.2, 0) is 11.3 Å². The Hall–Kier alpha value is -2.54. The van der Waals surface area contributed by atoms with Crippen molar-refractivity contribution in [3.8, 4) is 0 Å². The van der Waals surface area contributed by atoms with Gasteiger partial charge in [-0.2, -0.15) is 23.3 Å². The molecule has 0 saturated carbocycles. The number of hydrogen-bond donors (Lipinski definition) is 0. The molecule has 0 fully saturated rings. The van der Waals surface area contributed by atoms with Gasteiger partial charge in [0.2, 0.25) is 0 Å². The SMILES string of the molecule is CC1=NN(c2cccc(Cl)c2)C(=O)C1=Cc1cc(C)n(CC(F)(F)F)c1C. The largest absolute Gasteiger partial charge is 0.406 e. The smallest absolute Gasteiger partial charge is 0.340 e. The van der Waals surface area contributed by atoms with E-state index in [1.54, 1.807) is 57.2 Å². The maximum atomic E-state index is 12.8. The van der Waals surface area contributed by atoms with E-state index in [-0.39, 0.29) is 5.91 Å². The summed E-state index contributed by atoms with van der Waals surface area (Å²) in [6.45, 7) is 3.83. The van der Waals surface area contributed by atoms with E-state index in [0.29, 0.717) is 38.9 Å². The summed E-state index contributed by atoms with van der Waals surface area (Å²) >= 11 is 5.97. The summed E-state index contributed by atoms with van der Waals surface area (Å²) in [7, 11) is 0. The zero-order valence-electron chi connectivity index (χ0n) is 14.9. The van der Waals surface area contributed by atoms with Crippen LogP contribution in [0.25, 0.3) is 6.08 Å². The highest BCUT2D eigenvalue weighted by Crippen LogP contribution is 2.29. The number of nitrogens with zero attached hydrogens (tertiary/aromatic N) is 3. The molecule has 0 aliphatic carbocycles. The number of halogens is 4. The maximum absolute atomic E-state index is 12.8. The first-order valence-electron chi connectivity index (χ1n) is 8.17. The summed E-state index contributed by atoms with van der Waals surface area (Å²) < 4.78 is 39.5. The molecule has 2 heterocycles. The van der Waals surface area contributed by atoms with E-state index in [2.05, 4.69) is 5.10 Å². The third kappa shape index (κ3) is 3.93. The van der Waals surface area contributed by atoms with Gasteiger partial charge in [0, 0.05) is 16.4 Å². The average Bonchev–Trinajstić information content (AvgIpc) is 2.99. The first kappa shape index (κ1) is 19.2. The summed E-state index contributed by atoms with van der Waals surface area (Å²) in [5.74, 6) is -0.351. The fourth-order valence-corrected chi connectivity index (χ4v) is 3.20. The number of alkyl halides is 3. The zero-order valence-corrected chi connectivity index (χ0v) is 15.7. The van der Waals surface area contributed by atoms with Gasteiger partial charge in [0.05, 0.1) is 17.0 Å². The lowest BCUT2D eigenvalue weighted by Crippen LogP contribution is -2.21. The molecule has 3 rings (SSSR count). The molecule has 0 N–H and O–H groups in total. The van der Waals surface area contributed by atoms with Crippen LogP contribution in [0.4, 0.5) is 18.9 Å². The second-order valence-electron chi connectivity index (χ2n) is 6.37. The lowest BCUT2D eigenvalue weighted by atomic mass is 10.1. The molecule has 0 unspecified atom stereocenters. The van der Waals surface area contributed by atoms with Gasteiger partial charge in [-0.15, -0.1) is 0 Å². The molecular weight excluding hydrogens is 379 g/mol. The Balaban J connectivity index is 1.96. The Bertz CT molecular complexity index is 973. The van der Waals surface area contributed by atoms with Crippen LogP contribution in [0.1, 0.15) is 23.9 Å². The molecule has 8 heteroatoms. The molecule has 0 saturated heterocycles. The fraction of sp³-hybridized carbons (Fsp3) is 0.263. The van der Waals surface area contributed by atoms with E-state index in [9.17, 15) is 18.0 Å². The molecule has 1 aromatic carbocycles. The third-order valence-electron chi connectivity index (χ3n) is 4.37. The van der Waals surface area contributed by atoms with Gasteiger partial charge in [-0.05, 0) is 56.7 Å². The summed E-state index contributed by atoms with van der Waals surface area (Å²) in [6, 6.07) is 8.36. The van der Waals surface area contributed by atoms with Gasteiger partial charge in [0.15, 0.2) is 0 Å². The summed E-state index contributed by atoms with van der Waals surface area (Å²) in [6.07, 6.45) is -2.73. The second-order valence-corrected chi connectivity index (χ2v) is 6.80. The van der Waals surface area contributed by atoms with Crippen LogP contribution in [-0.4, -0.2) is 22.4 Å². The minimum Gasteiger partial charge on any atom is -0.340 e. The zero-order chi connectivity index (χ0) is 19.9. The van der Waals surface area contributed by atoms with Crippen molar-refractivity contribution in [3.63, 3.8) is 0 Å². The van der Waals surface area contributed by atoms with Crippen molar-refractivity contribution in [2.24, 2.45) is 5.10 Å². The van der Waals surface area contributed by atoms with Crippen LogP contribution in [0.15, 0.2) is 41.0 Å². The molecule has 142 valence electrons. The van der Waals surface area contributed by atoms with E-state index < -0.39 is 12.7 Å². The number of benzene rings is 1. The third-order valence-corrected chi connectivity index (χ3v) is 4.60. The monoisotopic (exact) mass is 395 g/mol.